The Labute approximate surface area is 260 Å². The van der Waals surface area contributed by atoms with E-state index in [9.17, 15) is 9.59 Å². The molecule has 1 aliphatic rings. The number of rotatable bonds is 11. The summed E-state index contributed by atoms with van der Waals surface area (Å²) in [5, 5.41) is 6.28. The fourth-order valence-electron chi connectivity index (χ4n) is 4.81. The van der Waals surface area contributed by atoms with Gasteiger partial charge in [0.15, 0.2) is 0 Å². The molecule has 1 atom stereocenters. The van der Waals surface area contributed by atoms with Gasteiger partial charge in [-0.15, -0.1) is 0 Å². The van der Waals surface area contributed by atoms with Gasteiger partial charge >= 0.3 is 12.1 Å². The lowest BCUT2D eigenvalue weighted by molar-refractivity contribution is -0.153. The highest BCUT2D eigenvalue weighted by Crippen LogP contribution is 2.31. The summed E-state index contributed by atoms with van der Waals surface area (Å²) < 4.78 is 33.1. The number of hydrogen-bond acceptors (Lipinski definition) is 6. The molecule has 236 valence electrons. The number of carbonyl (C=O) groups excluding carboxylic acids is 2. The van der Waals surface area contributed by atoms with Crippen molar-refractivity contribution in [2.24, 2.45) is 0 Å². The maximum absolute atomic E-state index is 16.0. The predicted octanol–water partition coefficient (Wildman–Crippen LogP) is 7.79. The fourth-order valence-corrected chi connectivity index (χ4v) is 4.81. The summed E-state index contributed by atoms with van der Waals surface area (Å²) >= 11 is 0. The average Bonchev–Trinajstić information content (AvgIpc) is 3.74. The lowest BCUT2D eigenvalue weighted by atomic mass is 9.96. The highest BCUT2D eigenvalue weighted by atomic mass is 19.1. The molecule has 3 aromatic carbocycles. The van der Waals surface area contributed by atoms with Crippen molar-refractivity contribution < 1.29 is 28.2 Å². The van der Waals surface area contributed by atoms with Crippen LogP contribution in [0.3, 0.4) is 0 Å². The van der Waals surface area contributed by atoms with Crippen molar-refractivity contribution in [1.82, 2.24) is 10.6 Å². The second-order valence-electron chi connectivity index (χ2n) is 13.4. The van der Waals surface area contributed by atoms with Gasteiger partial charge in [0.25, 0.3) is 0 Å². The first-order valence-corrected chi connectivity index (χ1v) is 15.2. The highest BCUT2D eigenvalue weighted by molar-refractivity contribution is 5.74. The Bertz CT molecular complexity index is 1470. The molecule has 8 heteroatoms. The number of halogens is 1. The Kier molecular flexibility index (Phi) is 10.4. The minimum Gasteiger partial charge on any atom is -0.489 e. The number of alkyl carbamates (subject to hydrolysis) is 1. The average molecular weight is 605 g/mol. The summed E-state index contributed by atoms with van der Waals surface area (Å²) in [6.07, 6.45) is 1.80. The molecule has 0 unspecified atom stereocenters. The largest absolute Gasteiger partial charge is 0.489 e. The second kappa shape index (κ2) is 13.8. The van der Waals surface area contributed by atoms with E-state index in [-0.39, 0.29) is 19.0 Å². The van der Waals surface area contributed by atoms with Gasteiger partial charge in [-0.3, -0.25) is 4.79 Å². The van der Waals surface area contributed by atoms with Crippen LogP contribution in [0, 0.1) is 5.82 Å². The van der Waals surface area contributed by atoms with Gasteiger partial charge in [-0.2, -0.15) is 0 Å². The van der Waals surface area contributed by atoms with E-state index < -0.39 is 29.2 Å². The molecule has 1 fully saturated rings. The summed E-state index contributed by atoms with van der Waals surface area (Å²) in [5.41, 5.74) is 2.89. The molecule has 1 aliphatic carbocycles. The van der Waals surface area contributed by atoms with Gasteiger partial charge in [0.05, 0.1) is 12.5 Å². The lowest BCUT2D eigenvalue weighted by Gasteiger charge is -2.22. The van der Waals surface area contributed by atoms with Gasteiger partial charge < -0.3 is 24.8 Å². The number of nitrogens with one attached hydrogen (secondary N) is 2. The molecule has 0 aromatic heterocycles. The Morgan fingerprint density at radius 3 is 2.27 bits per heavy atom. The van der Waals surface area contributed by atoms with Gasteiger partial charge in [-0.05, 0) is 96.2 Å². The minimum atomic E-state index is -0.659. The SMILES string of the molecule is C[C@@H](NC(=O)OC(C)(C)C)c1cccc(-c2cc(CNC3CC3)cc(COc3ccccc3CC(=O)OC(C)(C)C)c2)c1F. The van der Waals surface area contributed by atoms with E-state index in [0.717, 1.165) is 29.5 Å². The smallest absolute Gasteiger partial charge is 0.408 e. The standard InChI is InChI=1S/C36H45FN2O5/c1-23(39-34(41)44-36(5,6)7)29-12-10-13-30(33(29)37)27-18-24(21-38-28-15-16-28)17-25(19-27)22-42-31-14-9-8-11-26(31)20-32(40)43-35(2,3)4/h8-14,17-19,23,28,38H,15-16,20-22H2,1-7H3,(H,39,41)/t23-/m1/s1. The molecule has 0 spiro atoms. The number of carbonyl (C=O) groups is 2. The molecule has 0 saturated heterocycles. The van der Waals surface area contributed by atoms with Crippen molar-refractivity contribution in [1.29, 1.82) is 0 Å². The van der Waals surface area contributed by atoms with Crippen LogP contribution in [0.15, 0.2) is 60.7 Å². The van der Waals surface area contributed by atoms with E-state index in [1.165, 1.54) is 0 Å². The Morgan fingerprint density at radius 2 is 1.59 bits per heavy atom. The van der Waals surface area contributed by atoms with Crippen molar-refractivity contribution in [2.75, 3.05) is 0 Å². The zero-order valence-electron chi connectivity index (χ0n) is 26.9. The zero-order chi connectivity index (χ0) is 32.1. The predicted molar refractivity (Wildman–Crippen MR) is 170 cm³/mol. The summed E-state index contributed by atoms with van der Waals surface area (Å²) in [6.45, 7) is 13.5. The van der Waals surface area contributed by atoms with Crippen LogP contribution >= 0.6 is 0 Å². The molecule has 0 bridgehead atoms. The number of ether oxygens (including phenoxy) is 3. The molecule has 1 amide bonds. The molecule has 44 heavy (non-hydrogen) atoms. The summed E-state index contributed by atoms with van der Waals surface area (Å²) in [4.78, 5) is 24.9. The summed E-state index contributed by atoms with van der Waals surface area (Å²) in [7, 11) is 0. The first-order valence-electron chi connectivity index (χ1n) is 15.2. The van der Waals surface area contributed by atoms with Crippen LogP contribution in [0.25, 0.3) is 11.1 Å². The molecular formula is C36H45FN2O5. The number of benzene rings is 3. The maximum Gasteiger partial charge on any atom is 0.408 e. The van der Waals surface area contributed by atoms with Crippen LogP contribution in [0.5, 0.6) is 5.75 Å². The van der Waals surface area contributed by atoms with Crippen molar-refractivity contribution in [3.63, 3.8) is 0 Å². The van der Waals surface area contributed by atoms with Gasteiger partial charge in [-0.1, -0.05) is 42.5 Å². The van der Waals surface area contributed by atoms with E-state index in [4.69, 9.17) is 14.2 Å². The molecule has 7 nitrogen and oxygen atoms in total. The van der Waals surface area contributed by atoms with Crippen molar-refractivity contribution in [2.45, 2.75) is 104 Å². The first kappa shape index (κ1) is 33.0. The third-order valence-corrected chi connectivity index (χ3v) is 6.89. The second-order valence-corrected chi connectivity index (χ2v) is 13.4. The van der Waals surface area contributed by atoms with E-state index in [0.29, 0.717) is 35.0 Å². The number of hydrogen-bond donors (Lipinski definition) is 2. The van der Waals surface area contributed by atoms with Crippen LogP contribution in [0.1, 0.15) is 89.6 Å². The molecular weight excluding hydrogens is 559 g/mol. The molecule has 4 rings (SSSR count). The Morgan fingerprint density at radius 1 is 0.909 bits per heavy atom. The molecule has 0 aliphatic heterocycles. The zero-order valence-corrected chi connectivity index (χ0v) is 26.9. The Balaban J connectivity index is 1.57. The van der Waals surface area contributed by atoms with Crippen LogP contribution in [-0.4, -0.2) is 29.3 Å². The number of amides is 1. The molecule has 3 aromatic rings. The van der Waals surface area contributed by atoms with E-state index in [2.05, 4.69) is 16.7 Å². The Hall–Kier alpha value is -3.91. The number of para-hydroxylation sites is 1. The van der Waals surface area contributed by atoms with Crippen molar-refractivity contribution in [3.05, 3.63) is 88.7 Å². The van der Waals surface area contributed by atoms with Gasteiger partial charge in [0, 0.05) is 29.3 Å². The van der Waals surface area contributed by atoms with E-state index in [1.54, 1.807) is 45.9 Å². The van der Waals surface area contributed by atoms with Crippen molar-refractivity contribution >= 4 is 12.1 Å². The quantitative estimate of drug-likeness (QED) is 0.217. The topological polar surface area (TPSA) is 85.9 Å². The highest BCUT2D eigenvalue weighted by Gasteiger charge is 2.23. The fraction of sp³-hybridized carbons (Fsp3) is 0.444. The lowest BCUT2D eigenvalue weighted by Crippen LogP contribution is -2.34. The van der Waals surface area contributed by atoms with E-state index in [1.807, 2.05) is 57.2 Å². The number of esters is 1. The minimum absolute atomic E-state index is 0.0948. The molecule has 0 radical (unpaired) electrons. The summed E-state index contributed by atoms with van der Waals surface area (Å²) in [5.74, 6) is -0.135. The third-order valence-electron chi connectivity index (χ3n) is 6.89. The van der Waals surface area contributed by atoms with Crippen LogP contribution in [0.4, 0.5) is 9.18 Å². The molecule has 1 saturated carbocycles. The first-order chi connectivity index (χ1) is 20.7. The summed E-state index contributed by atoms with van der Waals surface area (Å²) in [6, 6.07) is 18.5. The van der Waals surface area contributed by atoms with Crippen LogP contribution in [-0.2, 0) is 33.8 Å². The third kappa shape index (κ3) is 10.1. The normalized spacial score (nSPS) is 14.1. The van der Waals surface area contributed by atoms with Gasteiger partial charge in [0.2, 0.25) is 0 Å². The van der Waals surface area contributed by atoms with Gasteiger partial charge in [-0.25, -0.2) is 9.18 Å². The van der Waals surface area contributed by atoms with E-state index >= 15 is 4.39 Å². The van der Waals surface area contributed by atoms with Crippen LogP contribution < -0.4 is 15.4 Å². The maximum atomic E-state index is 16.0. The van der Waals surface area contributed by atoms with Gasteiger partial charge in [0.1, 0.15) is 29.4 Å². The van der Waals surface area contributed by atoms with Crippen molar-refractivity contribution in [3.8, 4) is 16.9 Å². The molecule has 0 heterocycles. The monoisotopic (exact) mass is 604 g/mol. The van der Waals surface area contributed by atoms with Crippen LogP contribution in [0.2, 0.25) is 0 Å². The molecule has 2 N–H and O–H groups in total.